The molecule has 0 saturated carbocycles. The summed E-state index contributed by atoms with van der Waals surface area (Å²) in [5.41, 5.74) is 5.41. The number of benzene rings is 2. The highest BCUT2D eigenvalue weighted by Gasteiger charge is 2.20. The molecule has 140 valence electrons. The molecule has 28 heavy (non-hydrogen) atoms. The Morgan fingerprint density at radius 1 is 0.929 bits per heavy atom. The Hall–Kier alpha value is -3.67. The Bertz CT molecular complexity index is 1130. The molecule has 6 heteroatoms. The first-order valence-electron chi connectivity index (χ1n) is 9.07. The fraction of sp³-hybridized carbons (Fsp3) is 0.136. The van der Waals surface area contributed by atoms with Crippen LogP contribution in [0.15, 0.2) is 66.7 Å². The molecular formula is C22H21N5O. The van der Waals surface area contributed by atoms with Gasteiger partial charge in [0.05, 0.1) is 28.5 Å². The normalized spacial score (nSPS) is 10.8. The Kier molecular flexibility index (Phi) is 4.53. The van der Waals surface area contributed by atoms with Crippen LogP contribution in [0.2, 0.25) is 0 Å². The van der Waals surface area contributed by atoms with E-state index >= 15 is 0 Å². The van der Waals surface area contributed by atoms with Gasteiger partial charge in [0, 0.05) is 12.6 Å². The number of nitrogens with one attached hydrogen (secondary N) is 1. The molecule has 6 nitrogen and oxygen atoms in total. The lowest BCUT2D eigenvalue weighted by atomic mass is 10.1. The Labute approximate surface area is 163 Å². The van der Waals surface area contributed by atoms with E-state index in [4.69, 9.17) is 5.10 Å². The summed E-state index contributed by atoms with van der Waals surface area (Å²) in [6.07, 6.45) is 0. The zero-order valence-corrected chi connectivity index (χ0v) is 16.0. The van der Waals surface area contributed by atoms with Crippen LogP contribution >= 0.6 is 0 Å². The average molecular weight is 371 g/mol. The number of hydrogen-bond donors (Lipinski definition) is 1. The van der Waals surface area contributed by atoms with Gasteiger partial charge in [-0.2, -0.15) is 10.2 Å². The van der Waals surface area contributed by atoms with Gasteiger partial charge in [0.2, 0.25) is 0 Å². The molecule has 0 aliphatic carbocycles. The van der Waals surface area contributed by atoms with Gasteiger partial charge in [0.1, 0.15) is 5.69 Å². The van der Waals surface area contributed by atoms with E-state index in [2.05, 4.69) is 10.4 Å². The summed E-state index contributed by atoms with van der Waals surface area (Å²) in [5, 5.41) is 12.1. The van der Waals surface area contributed by atoms with Crippen molar-refractivity contribution in [2.75, 3.05) is 5.32 Å². The Morgan fingerprint density at radius 3 is 2.18 bits per heavy atom. The molecule has 0 saturated heterocycles. The van der Waals surface area contributed by atoms with Crippen molar-refractivity contribution in [1.29, 1.82) is 0 Å². The highest BCUT2D eigenvalue weighted by molar-refractivity contribution is 6.04. The second kappa shape index (κ2) is 7.15. The number of carbonyl (C=O) groups excluding carboxylic acids is 1. The number of rotatable bonds is 4. The molecule has 2 heterocycles. The van der Waals surface area contributed by atoms with E-state index in [-0.39, 0.29) is 5.91 Å². The van der Waals surface area contributed by atoms with Crippen molar-refractivity contribution in [2.45, 2.75) is 13.8 Å². The number of aromatic nitrogens is 4. The molecule has 0 bridgehead atoms. The summed E-state index contributed by atoms with van der Waals surface area (Å²) in [7, 11) is 1.86. The second-order valence-electron chi connectivity index (χ2n) is 6.65. The quantitative estimate of drug-likeness (QED) is 0.586. The van der Waals surface area contributed by atoms with Crippen LogP contribution in [-0.4, -0.2) is 25.5 Å². The molecule has 4 rings (SSSR count). The zero-order valence-electron chi connectivity index (χ0n) is 16.0. The number of para-hydroxylation sites is 1. The minimum atomic E-state index is -0.224. The maximum Gasteiger partial charge on any atom is 0.274 e. The highest BCUT2D eigenvalue weighted by Crippen LogP contribution is 2.24. The van der Waals surface area contributed by atoms with Gasteiger partial charge in [0.25, 0.3) is 5.91 Å². The lowest BCUT2D eigenvalue weighted by Crippen LogP contribution is -2.17. The first-order chi connectivity index (χ1) is 13.5. The van der Waals surface area contributed by atoms with Crippen molar-refractivity contribution in [3.8, 4) is 16.9 Å². The van der Waals surface area contributed by atoms with Crippen molar-refractivity contribution < 1.29 is 4.79 Å². The Morgan fingerprint density at radius 2 is 1.57 bits per heavy atom. The predicted molar refractivity (Wildman–Crippen MR) is 110 cm³/mol. The van der Waals surface area contributed by atoms with Gasteiger partial charge >= 0.3 is 0 Å². The fourth-order valence-electron chi connectivity index (χ4n) is 3.19. The van der Waals surface area contributed by atoms with Crippen molar-refractivity contribution in [2.24, 2.45) is 7.05 Å². The van der Waals surface area contributed by atoms with Gasteiger partial charge in [0.15, 0.2) is 0 Å². The SMILES string of the molecule is Cc1nn(C)c(C)c1NC(=O)c1cc(-c2ccccc2)nn1-c1ccccc1. The fourth-order valence-corrected chi connectivity index (χ4v) is 3.19. The summed E-state index contributed by atoms with van der Waals surface area (Å²) in [6, 6.07) is 21.3. The first-order valence-corrected chi connectivity index (χ1v) is 9.07. The van der Waals surface area contributed by atoms with Crippen LogP contribution < -0.4 is 5.32 Å². The minimum Gasteiger partial charge on any atom is -0.317 e. The molecule has 0 atom stereocenters. The van der Waals surface area contributed by atoms with Crippen LogP contribution in [0.25, 0.3) is 16.9 Å². The van der Waals surface area contributed by atoms with Crippen molar-refractivity contribution in [1.82, 2.24) is 19.6 Å². The van der Waals surface area contributed by atoms with E-state index < -0.39 is 0 Å². The predicted octanol–water partition coefficient (Wildman–Crippen LogP) is 4.14. The molecule has 2 aromatic carbocycles. The first kappa shape index (κ1) is 17.7. The topological polar surface area (TPSA) is 64.7 Å². The van der Waals surface area contributed by atoms with E-state index in [1.165, 1.54) is 0 Å². The van der Waals surface area contributed by atoms with Crippen molar-refractivity contribution in [3.63, 3.8) is 0 Å². The molecule has 0 aliphatic heterocycles. The molecule has 2 aromatic heterocycles. The van der Waals surface area contributed by atoms with Crippen LogP contribution in [0, 0.1) is 13.8 Å². The molecule has 0 fully saturated rings. The third kappa shape index (κ3) is 3.20. The van der Waals surface area contributed by atoms with E-state index in [0.717, 1.165) is 34.0 Å². The summed E-state index contributed by atoms with van der Waals surface area (Å²) in [5.74, 6) is -0.224. The van der Waals surface area contributed by atoms with Gasteiger partial charge in [-0.3, -0.25) is 9.48 Å². The van der Waals surface area contributed by atoms with Crippen molar-refractivity contribution >= 4 is 11.6 Å². The zero-order chi connectivity index (χ0) is 19.7. The summed E-state index contributed by atoms with van der Waals surface area (Å²) < 4.78 is 3.44. The molecule has 0 radical (unpaired) electrons. The van der Waals surface area contributed by atoms with Crippen LogP contribution in [-0.2, 0) is 7.05 Å². The van der Waals surface area contributed by atoms with Crippen LogP contribution in [0.1, 0.15) is 21.9 Å². The van der Waals surface area contributed by atoms with Gasteiger partial charge in [-0.25, -0.2) is 4.68 Å². The number of carbonyl (C=O) groups is 1. The van der Waals surface area contributed by atoms with E-state index in [0.29, 0.717) is 5.69 Å². The van der Waals surface area contributed by atoms with Gasteiger partial charge in [-0.1, -0.05) is 48.5 Å². The number of aryl methyl sites for hydroxylation is 2. The van der Waals surface area contributed by atoms with Crippen LogP contribution in [0.3, 0.4) is 0 Å². The average Bonchev–Trinajstić information content (AvgIpc) is 3.27. The minimum absolute atomic E-state index is 0.224. The number of anilines is 1. The number of nitrogens with zero attached hydrogens (tertiary/aromatic N) is 4. The molecule has 4 aromatic rings. The largest absolute Gasteiger partial charge is 0.317 e. The van der Waals surface area contributed by atoms with Gasteiger partial charge in [-0.05, 0) is 32.0 Å². The summed E-state index contributed by atoms with van der Waals surface area (Å²) in [6.45, 7) is 3.81. The molecular weight excluding hydrogens is 350 g/mol. The monoisotopic (exact) mass is 371 g/mol. The molecule has 0 aliphatic rings. The van der Waals surface area contributed by atoms with E-state index in [9.17, 15) is 4.79 Å². The molecule has 1 amide bonds. The second-order valence-corrected chi connectivity index (χ2v) is 6.65. The Balaban J connectivity index is 1.78. The summed E-state index contributed by atoms with van der Waals surface area (Å²) >= 11 is 0. The van der Waals surface area contributed by atoms with Crippen molar-refractivity contribution in [3.05, 3.63) is 83.8 Å². The lowest BCUT2D eigenvalue weighted by Gasteiger charge is -2.08. The number of hydrogen-bond acceptors (Lipinski definition) is 3. The van der Waals surface area contributed by atoms with Crippen LogP contribution in [0.5, 0.6) is 0 Å². The van der Waals surface area contributed by atoms with Gasteiger partial charge < -0.3 is 5.32 Å². The maximum atomic E-state index is 13.2. The van der Waals surface area contributed by atoms with Crippen LogP contribution in [0.4, 0.5) is 5.69 Å². The third-order valence-electron chi connectivity index (χ3n) is 4.76. The molecule has 1 N–H and O–H groups in total. The summed E-state index contributed by atoms with van der Waals surface area (Å²) in [4.78, 5) is 13.2. The smallest absolute Gasteiger partial charge is 0.274 e. The van der Waals surface area contributed by atoms with E-state index in [1.807, 2.05) is 87.6 Å². The van der Waals surface area contributed by atoms with Gasteiger partial charge in [-0.15, -0.1) is 0 Å². The third-order valence-corrected chi connectivity index (χ3v) is 4.76. The standard InChI is InChI=1S/C22H21N5O/c1-15-21(16(2)26(3)24-15)23-22(28)20-14-19(17-10-6-4-7-11-17)25-27(20)18-12-8-5-9-13-18/h4-14H,1-3H3,(H,23,28). The number of amides is 1. The molecule has 0 unspecified atom stereocenters. The maximum absolute atomic E-state index is 13.2. The van der Waals surface area contributed by atoms with E-state index in [1.54, 1.807) is 9.36 Å². The molecule has 0 spiro atoms. The lowest BCUT2D eigenvalue weighted by molar-refractivity contribution is 0.101. The highest BCUT2D eigenvalue weighted by atomic mass is 16.2.